The number of hydrogen-bond donors (Lipinski definition) is 1. The number of nitrogens with one attached hydrogen (secondary N) is 1. The standard InChI is InChI=1S/C32H23FN4O/c33-26-19-11-10-18-25(26)29-20-28(34-30-21-27(36-37(29)30)22-12-4-1-5-13-22)32(38)35-31(23-14-6-2-7-15-23)24-16-8-3-9-17-24/h1-21,31H,(H,35,38). The van der Waals surface area contributed by atoms with Gasteiger partial charge >= 0.3 is 0 Å². The maximum atomic E-state index is 15.0. The highest BCUT2D eigenvalue weighted by Crippen LogP contribution is 2.28. The lowest BCUT2D eigenvalue weighted by molar-refractivity contribution is 0.0938. The zero-order valence-corrected chi connectivity index (χ0v) is 20.3. The molecule has 0 bridgehead atoms. The molecule has 5 nitrogen and oxygen atoms in total. The third-order valence-corrected chi connectivity index (χ3v) is 6.42. The normalized spacial score (nSPS) is 11.1. The molecular weight excluding hydrogens is 475 g/mol. The van der Waals surface area contributed by atoms with E-state index in [1.807, 2.05) is 97.1 Å². The van der Waals surface area contributed by atoms with Gasteiger partial charge in [-0.1, -0.05) is 103 Å². The second-order valence-electron chi connectivity index (χ2n) is 8.90. The first-order chi connectivity index (χ1) is 18.7. The van der Waals surface area contributed by atoms with Crippen molar-refractivity contribution in [2.75, 3.05) is 0 Å². The number of carbonyl (C=O) groups is 1. The van der Waals surface area contributed by atoms with Crippen molar-refractivity contribution in [3.05, 3.63) is 150 Å². The summed E-state index contributed by atoms with van der Waals surface area (Å²) < 4.78 is 16.5. The Bertz CT molecular complexity index is 1680. The van der Waals surface area contributed by atoms with E-state index in [1.54, 1.807) is 28.8 Å². The SMILES string of the molecule is O=C(NC(c1ccccc1)c1ccccc1)c1cc(-c2ccccc2F)n2nc(-c3ccccc3)cc2n1. The fourth-order valence-electron chi connectivity index (χ4n) is 4.56. The second kappa shape index (κ2) is 10.1. The molecule has 0 aliphatic carbocycles. The number of fused-ring (bicyclic) bond motifs is 1. The molecule has 184 valence electrons. The lowest BCUT2D eigenvalue weighted by Gasteiger charge is -2.20. The van der Waals surface area contributed by atoms with Gasteiger partial charge in [0.1, 0.15) is 11.5 Å². The van der Waals surface area contributed by atoms with Crippen LogP contribution in [0.3, 0.4) is 0 Å². The van der Waals surface area contributed by atoms with Gasteiger partial charge in [0.15, 0.2) is 5.65 Å². The smallest absolute Gasteiger partial charge is 0.270 e. The molecule has 6 aromatic rings. The number of benzene rings is 4. The molecule has 1 N–H and O–H groups in total. The lowest BCUT2D eigenvalue weighted by atomic mass is 9.98. The molecule has 0 saturated heterocycles. The van der Waals surface area contributed by atoms with Crippen LogP contribution < -0.4 is 5.32 Å². The Morgan fingerprint density at radius 2 is 1.32 bits per heavy atom. The predicted octanol–water partition coefficient (Wildman–Crippen LogP) is 6.72. The van der Waals surface area contributed by atoms with E-state index in [0.29, 0.717) is 22.6 Å². The van der Waals surface area contributed by atoms with Gasteiger partial charge in [-0.2, -0.15) is 5.10 Å². The minimum Gasteiger partial charge on any atom is -0.340 e. The summed E-state index contributed by atoms with van der Waals surface area (Å²) in [7, 11) is 0. The Morgan fingerprint density at radius 1 is 0.737 bits per heavy atom. The van der Waals surface area contributed by atoms with Crippen molar-refractivity contribution in [3.8, 4) is 22.5 Å². The van der Waals surface area contributed by atoms with Crippen molar-refractivity contribution in [2.24, 2.45) is 0 Å². The van der Waals surface area contributed by atoms with Gasteiger partial charge in [-0.3, -0.25) is 4.79 Å². The van der Waals surface area contributed by atoms with Crippen LogP contribution >= 0.6 is 0 Å². The van der Waals surface area contributed by atoms with Crippen LogP contribution in [0.1, 0.15) is 27.7 Å². The molecular formula is C32H23FN4O. The molecule has 1 amide bonds. The molecule has 6 rings (SSSR count). The van der Waals surface area contributed by atoms with E-state index in [1.165, 1.54) is 6.07 Å². The molecule has 38 heavy (non-hydrogen) atoms. The largest absolute Gasteiger partial charge is 0.340 e. The van der Waals surface area contributed by atoms with Crippen LogP contribution in [0.5, 0.6) is 0 Å². The van der Waals surface area contributed by atoms with Crippen molar-refractivity contribution in [3.63, 3.8) is 0 Å². The molecule has 0 spiro atoms. The van der Waals surface area contributed by atoms with E-state index < -0.39 is 5.82 Å². The summed E-state index contributed by atoms with van der Waals surface area (Å²) in [6, 6.07) is 38.7. The van der Waals surface area contributed by atoms with Crippen LogP contribution in [0.25, 0.3) is 28.2 Å². The van der Waals surface area contributed by atoms with Crippen LogP contribution in [-0.2, 0) is 0 Å². The zero-order chi connectivity index (χ0) is 25.9. The van der Waals surface area contributed by atoms with E-state index >= 15 is 0 Å². The summed E-state index contributed by atoms with van der Waals surface area (Å²) in [6.45, 7) is 0. The predicted molar refractivity (Wildman–Crippen MR) is 146 cm³/mol. The Balaban J connectivity index is 1.46. The quantitative estimate of drug-likeness (QED) is 0.277. The fraction of sp³-hybridized carbons (Fsp3) is 0.0312. The molecule has 4 aromatic carbocycles. The van der Waals surface area contributed by atoms with Crippen LogP contribution in [0.4, 0.5) is 4.39 Å². The number of hydrogen-bond acceptors (Lipinski definition) is 3. The van der Waals surface area contributed by atoms with Crippen molar-refractivity contribution < 1.29 is 9.18 Å². The molecule has 0 unspecified atom stereocenters. The average molecular weight is 499 g/mol. The molecule has 2 heterocycles. The highest BCUT2D eigenvalue weighted by molar-refractivity contribution is 5.94. The summed E-state index contributed by atoms with van der Waals surface area (Å²) in [5, 5.41) is 7.85. The van der Waals surface area contributed by atoms with Gasteiger partial charge in [0, 0.05) is 17.2 Å². The summed E-state index contributed by atoms with van der Waals surface area (Å²) in [5.74, 6) is -0.778. The van der Waals surface area contributed by atoms with E-state index in [9.17, 15) is 9.18 Å². The van der Waals surface area contributed by atoms with Gasteiger partial charge in [-0.15, -0.1) is 0 Å². The maximum absolute atomic E-state index is 15.0. The minimum atomic E-state index is -0.408. The first-order valence-electron chi connectivity index (χ1n) is 12.3. The highest BCUT2D eigenvalue weighted by atomic mass is 19.1. The third kappa shape index (κ3) is 4.55. The van der Waals surface area contributed by atoms with E-state index in [4.69, 9.17) is 5.10 Å². The molecule has 0 atom stereocenters. The first kappa shape index (κ1) is 23.3. The molecule has 0 aliphatic heterocycles. The number of carbonyl (C=O) groups excluding carboxylic acids is 1. The lowest BCUT2D eigenvalue weighted by Crippen LogP contribution is -2.30. The molecule has 0 saturated carbocycles. The average Bonchev–Trinajstić information content (AvgIpc) is 3.42. The Morgan fingerprint density at radius 3 is 1.95 bits per heavy atom. The van der Waals surface area contributed by atoms with Gasteiger partial charge < -0.3 is 5.32 Å². The van der Waals surface area contributed by atoms with Crippen LogP contribution in [0.15, 0.2) is 127 Å². The van der Waals surface area contributed by atoms with E-state index in [2.05, 4.69) is 10.3 Å². The number of halogens is 1. The topological polar surface area (TPSA) is 59.3 Å². The Labute approximate surface area is 219 Å². The van der Waals surface area contributed by atoms with Gasteiger partial charge in [-0.05, 0) is 29.3 Å². The van der Waals surface area contributed by atoms with E-state index in [0.717, 1.165) is 16.7 Å². The molecule has 0 aliphatic rings. The van der Waals surface area contributed by atoms with Gasteiger partial charge in [0.25, 0.3) is 5.91 Å². The van der Waals surface area contributed by atoms with E-state index in [-0.39, 0.29) is 17.6 Å². The van der Waals surface area contributed by atoms with Crippen LogP contribution in [0.2, 0.25) is 0 Å². The molecule has 0 fully saturated rings. The highest BCUT2D eigenvalue weighted by Gasteiger charge is 2.22. The summed E-state index contributed by atoms with van der Waals surface area (Å²) in [5.41, 5.74) is 4.86. The van der Waals surface area contributed by atoms with Crippen LogP contribution in [-0.4, -0.2) is 20.5 Å². The summed E-state index contributed by atoms with van der Waals surface area (Å²) in [6.07, 6.45) is 0. The summed E-state index contributed by atoms with van der Waals surface area (Å²) >= 11 is 0. The van der Waals surface area contributed by atoms with Gasteiger partial charge in [-0.25, -0.2) is 13.9 Å². The first-order valence-corrected chi connectivity index (χ1v) is 12.3. The fourth-order valence-corrected chi connectivity index (χ4v) is 4.56. The number of nitrogens with zero attached hydrogens (tertiary/aromatic N) is 3. The number of rotatable bonds is 6. The van der Waals surface area contributed by atoms with Crippen molar-refractivity contribution in [1.29, 1.82) is 0 Å². The Kier molecular flexibility index (Phi) is 6.20. The molecule has 0 radical (unpaired) electrons. The number of amides is 1. The minimum absolute atomic E-state index is 0.173. The van der Waals surface area contributed by atoms with Crippen molar-refractivity contribution in [2.45, 2.75) is 6.04 Å². The number of aromatic nitrogens is 3. The van der Waals surface area contributed by atoms with Crippen molar-refractivity contribution in [1.82, 2.24) is 19.9 Å². The monoisotopic (exact) mass is 498 g/mol. The third-order valence-electron chi connectivity index (χ3n) is 6.42. The maximum Gasteiger partial charge on any atom is 0.270 e. The van der Waals surface area contributed by atoms with Gasteiger partial charge in [0.05, 0.1) is 17.4 Å². The Hall–Kier alpha value is -5.10. The zero-order valence-electron chi connectivity index (χ0n) is 20.3. The molecule has 2 aromatic heterocycles. The van der Waals surface area contributed by atoms with Crippen LogP contribution in [0, 0.1) is 5.82 Å². The van der Waals surface area contributed by atoms with Crippen molar-refractivity contribution >= 4 is 11.6 Å². The van der Waals surface area contributed by atoms with Gasteiger partial charge in [0.2, 0.25) is 0 Å². The second-order valence-corrected chi connectivity index (χ2v) is 8.90. The molecule has 6 heteroatoms. The summed E-state index contributed by atoms with van der Waals surface area (Å²) in [4.78, 5) is 18.3.